The van der Waals surface area contributed by atoms with E-state index in [9.17, 15) is 5.26 Å². The number of nitriles is 1. The van der Waals surface area contributed by atoms with Gasteiger partial charge in [-0.05, 0) is 31.0 Å². The molecule has 1 fully saturated rings. The molecule has 4 rings (SSSR count). The van der Waals surface area contributed by atoms with Crippen LogP contribution in [0.3, 0.4) is 0 Å². The Morgan fingerprint density at radius 1 is 1.26 bits per heavy atom. The smallest absolute Gasteiger partial charge is 0.214 e. The number of imidazole rings is 1. The molecular weight excluding hydrogens is 312 g/mol. The third-order valence-corrected chi connectivity index (χ3v) is 4.98. The first-order chi connectivity index (χ1) is 11.2. The molecule has 0 saturated heterocycles. The third-order valence-electron chi connectivity index (χ3n) is 3.91. The number of nitrogens with zero attached hydrogens (tertiary/aromatic N) is 4. The molecule has 0 radical (unpaired) electrons. The number of methoxy groups -OCH3 is 2. The Kier molecular flexibility index (Phi) is 3.20. The number of benzene rings is 1. The fourth-order valence-corrected chi connectivity index (χ4v) is 3.61. The van der Waals surface area contributed by atoms with Crippen LogP contribution in [0.15, 0.2) is 18.2 Å². The molecule has 1 saturated carbocycles. The van der Waals surface area contributed by atoms with Crippen LogP contribution in [0.25, 0.3) is 16.2 Å². The normalized spacial score (nSPS) is 14.0. The second-order valence-corrected chi connectivity index (χ2v) is 6.39. The van der Waals surface area contributed by atoms with Crippen molar-refractivity contribution in [1.82, 2.24) is 14.6 Å². The van der Waals surface area contributed by atoms with Crippen molar-refractivity contribution in [3.63, 3.8) is 0 Å². The van der Waals surface area contributed by atoms with E-state index >= 15 is 0 Å². The molecule has 0 atom stereocenters. The van der Waals surface area contributed by atoms with Crippen molar-refractivity contribution in [2.75, 3.05) is 14.2 Å². The van der Waals surface area contributed by atoms with Crippen LogP contribution in [-0.4, -0.2) is 28.8 Å². The molecular formula is C16H14N4O2S. The standard InChI is InChI=1S/C16H14N4O2S/c1-21-12-6-5-10(7-13(12)22-2)14-11(8-17)20-16(18-14)23-15(19-20)9-3-4-9/h5-7,9H,3-4H2,1-2H3. The maximum atomic E-state index is 9.56. The zero-order valence-corrected chi connectivity index (χ0v) is 13.6. The van der Waals surface area contributed by atoms with Crippen molar-refractivity contribution in [2.24, 2.45) is 0 Å². The van der Waals surface area contributed by atoms with E-state index < -0.39 is 0 Å². The van der Waals surface area contributed by atoms with Crippen molar-refractivity contribution in [3.8, 4) is 28.8 Å². The van der Waals surface area contributed by atoms with Crippen LogP contribution in [0.2, 0.25) is 0 Å². The van der Waals surface area contributed by atoms with Gasteiger partial charge in [-0.25, -0.2) is 4.98 Å². The maximum absolute atomic E-state index is 9.56. The van der Waals surface area contributed by atoms with Crippen molar-refractivity contribution >= 4 is 16.3 Å². The summed E-state index contributed by atoms with van der Waals surface area (Å²) < 4.78 is 12.2. The van der Waals surface area contributed by atoms with Gasteiger partial charge >= 0.3 is 0 Å². The second-order valence-electron chi connectivity index (χ2n) is 5.40. The molecule has 7 heteroatoms. The Labute approximate surface area is 136 Å². The lowest BCUT2D eigenvalue weighted by molar-refractivity contribution is 0.355. The van der Waals surface area contributed by atoms with Gasteiger partial charge in [-0.1, -0.05) is 11.3 Å². The van der Waals surface area contributed by atoms with E-state index in [-0.39, 0.29) is 0 Å². The summed E-state index contributed by atoms with van der Waals surface area (Å²) in [6.45, 7) is 0. The Balaban J connectivity index is 1.85. The van der Waals surface area contributed by atoms with Crippen molar-refractivity contribution in [3.05, 3.63) is 28.9 Å². The second kappa shape index (κ2) is 5.25. The highest BCUT2D eigenvalue weighted by atomic mass is 32.1. The summed E-state index contributed by atoms with van der Waals surface area (Å²) in [5.74, 6) is 1.81. The van der Waals surface area contributed by atoms with E-state index in [4.69, 9.17) is 9.47 Å². The Bertz CT molecular complexity index is 934. The monoisotopic (exact) mass is 326 g/mol. The summed E-state index contributed by atoms with van der Waals surface area (Å²) in [6.07, 6.45) is 2.36. The van der Waals surface area contributed by atoms with Gasteiger partial charge in [-0.15, -0.1) is 0 Å². The van der Waals surface area contributed by atoms with Crippen LogP contribution < -0.4 is 9.47 Å². The predicted molar refractivity (Wildman–Crippen MR) is 86.1 cm³/mol. The summed E-state index contributed by atoms with van der Waals surface area (Å²) in [5.41, 5.74) is 1.88. The summed E-state index contributed by atoms with van der Waals surface area (Å²) in [4.78, 5) is 5.37. The van der Waals surface area contributed by atoms with Gasteiger partial charge in [0.05, 0.1) is 14.2 Å². The summed E-state index contributed by atoms with van der Waals surface area (Å²) in [5, 5.41) is 15.2. The lowest BCUT2D eigenvalue weighted by atomic mass is 10.1. The summed E-state index contributed by atoms with van der Waals surface area (Å²) in [6, 6.07) is 7.74. The quantitative estimate of drug-likeness (QED) is 0.736. The molecule has 0 spiro atoms. The first kappa shape index (κ1) is 14.0. The van der Waals surface area contributed by atoms with Gasteiger partial charge < -0.3 is 9.47 Å². The van der Waals surface area contributed by atoms with Crippen LogP contribution in [-0.2, 0) is 0 Å². The molecule has 1 aliphatic carbocycles. The predicted octanol–water partition coefficient (Wildman–Crippen LogP) is 3.22. The van der Waals surface area contributed by atoms with Gasteiger partial charge in [-0.3, -0.25) is 0 Å². The van der Waals surface area contributed by atoms with E-state index in [0.717, 1.165) is 15.5 Å². The zero-order chi connectivity index (χ0) is 16.0. The molecule has 0 bridgehead atoms. The molecule has 0 unspecified atom stereocenters. The number of hydrogen-bond acceptors (Lipinski definition) is 6. The highest BCUT2D eigenvalue weighted by molar-refractivity contribution is 7.16. The average molecular weight is 326 g/mol. The van der Waals surface area contributed by atoms with Crippen LogP contribution >= 0.6 is 11.3 Å². The first-order valence-electron chi connectivity index (χ1n) is 7.27. The van der Waals surface area contributed by atoms with Gasteiger partial charge in [-0.2, -0.15) is 14.9 Å². The van der Waals surface area contributed by atoms with Crippen LogP contribution in [0.4, 0.5) is 0 Å². The molecule has 1 aliphatic rings. The van der Waals surface area contributed by atoms with Crippen LogP contribution in [0, 0.1) is 11.3 Å². The van der Waals surface area contributed by atoms with Gasteiger partial charge in [0, 0.05) is 11.5 Å². The molecule has 0 N–H and O–H groups in total. The van der Waals surface area contributed by atoms with Gasteiger partial charge in [0.25, 0.3) is 0 Å². The largest absolute Gasteiger partial charge is 0.493 e. The molecule has 6 nitrogen and oxygen atoms in total. The maximum Gasteiger partial charge on any atom is 0.214 e. The molecule has 2 heterocycles. The topological polar surface area (TPSA) is 72.4 Å². The first-order valence-corrected chi connectivity index (χ1v) is 8.08. The lowest BCUT2D eigenvalue weighted by Gasteiger charge is -2.08. The number of hydrogen-bond donors (Lipinski definition) is 0. The SMILES string of the molecule is COc1ccc(-c2nc3sc(C4CC4)nn3c2C#N)cc1OC. The minimum Gasteiger partial charge on any atom is -0.493 e. The molecule has 0 aliphatic heterocycles. The molecule has 3 aromatic rings. The minimum absolute atomic E-state index is 0.454. The number of ether oxygens (including phenoxy) is 2. The lowest BCUT2D eigenvalue weighted by Crippen LogP contribution is -1.94. The Hall–Kier alpha value is -2.59. The third kappa shape index (κ3) is 2.23. The van der Waals surface area contributed by atoms with Crippen LogP contribution in [0.5, 0.6) is 11.5 Å². The van der Waals surface area contributed by atoms with E-state index in [2.05, 4.69) is 16.2 Å². The fraction of sp³-hybridized carbons (Fsp3) is 0.312. The molecule has 116 valence electrons. The minimum atomic E-state index is 0.454. The highest BCUT2D eigenvalue weighted by Crippen LogP contribution is 2.42. The molecule has 2 aromatic heterocycles. The van der Waals surface area contributed by atoms with Gasteiger partial charge in [0.15, 0.2) is 17.2 Å². The number of aromatic nitrogens is 3. The average Bonchev–Trinajstić information content (AvgIpc) is 3.26. The van der Waals surface area contributed by atoms with E-state index in [1.165, 1.54) is 12.8 Å². The highest BCUT2D eigenvalue weighted by Gasteiger charge is 2.29. The van der Waals surface area contributed by atoms with Gasteiger partial charge in [0.1, 0.15) is 16.8 Å². The zero-order valence-electron chi connectivity index (χ0n) is 12.7. The molecule has 1 aromatic carbocycles. The van der Waals surface area contributed by atoms with E-state index in [1.54, 1.807) is 30.1 Å². The number of fused-ring (bicyclic) bond motifs is 1. The molecule has 0 amide bonds. The van der Waals surface area contributed by atoms with E-state index in [1.807, 2.05) is 18.2 Å². The fourth-order valence-electron chi connectivity index (χ4n) is 2.54. The summed E-state index contributed by atoms with van der Waals surface area (Å²) >= 11 is 1.56. The van der Waals surface area contributed by atoms with Crippen LogP contribution in [0.1, 0.15) is 29.5 Å². The van der Waals surface area contributed by atoms with Gasteiger partial charge in [0.2, 0.25) is 4.96 Å². The summed E-state index contributed by atoms with van der Waals surface area (Å²) in [7, 11) is 3.18. The number of rotatable bonds is 4. The van der Waals surface area contributed by atoms with Crippen molar-refractivity contribution in [2.45, 2.75) is 18.8 Å². The van der Waals surface area contributed by atoms with Crippen molar-refractivity contribution < 1.29 is 9.47 Å². The van der Waals surface area contributed by atoms with Crippen molar-refractivity contribution in [1.29, 1.82) is 5.26 Å². The molecule has 23 heavy (non-hydrogen) atoms. The van der Waals surface area contributed by atoms with E-state index in [0.29, 0.717) is 28.8 Å². The Morgan fingerprint density at radius 2 is 2.04 bits per heavy atom. The Morgan fingerprint density at radius 3 is 2.70 bits per heavy atom.